The van der Waals surface area contributed by atoms with E-state index in [1.54, 1.807) is 19.4 Å². The molecule has 2 rings (SSSR count). The summed E-state index contributed by atoms with van der Waals surface area (Å²) in [6.07, 6.45) is 4.24. The summed E-state index contributed by atoms with van der Waals surface area (Å²) in [5.41, 5.74) is 0.856. The summed E-state index contributed by atoms with van der Waals surface area (Å²) < 4.78 is 5.03. The molecule has 0 saturated heterocycles. The number of rotatable bonds is 4. The molecule has 1 aromatic heterocycles. The molecule has 1 heterocycles. The van der Waals surface area contributed by atoms with Gasteiger partial charge in [0.25, 0.3) is 0 Å². The molecule has 1 saturated carbocycles. The van der Waals surface area contributed by atoms with Crippen LogP contribution in [0.3, 0.4) is 0 Å². The summed E-state index contributed by atoms with van der Waals surface area (Å²) in [5, 5.41) is 12.3. The second-order valence-corrected chi connectivity index (χ2v) is 4.21. The van der Waals surface area contributed by atoms with Gasteiger partial charge in [-0.3, -0.25) is 4.79 Å². The third-order valence-corrected chi connectivity index (χ3v) is 3.13. The summed E-state index contributed by atoms with van der Waals surface area (Å²) in [6.45, 7) is 0. The fourth-order valence-corrected chi connectivity index (χ4v) is 2.25. The van der Waals surface area contributed by atoms with Crippen molar-refractivity contribution in [1.82, 2.24) is 4.98 Å². The van der Waals surface area contributed by atoms with Crippen molar-refractivity contribution in [3.8, 4) is 5.88 Å². The molecule has 5 nitrogen and oxygen atoms in total. The average molecular weight is 236 g/mol. The number of aliphatic carboxylic acids is 1. The van der Waals surface area contributed by atoms with Gasteiger partial charge in [0, 0.05) is 24.0 Å². The van der Waals surface area contributed by atoms with Crippen molar-refractivity contribution in [3.63, 3.8) is 0 Å². The highest BCUT2D eigenvalue weighted by Crippen LogP contribution is 2.29. The van der Waals surface area contributed by atoms with E-state index in [4.69, 9.17) is 9.84 Å². The lowest BCUT2D eigenvalue weighted by Crippen LogP contribution is -2.29. The number of nitrogens with zero attached hydrogens (tertiary/aromatic N) is 1. The van der Waals surface area contributed by atoms with Crippen LogP contribution in [0.4, 0.5) is 5.69 Å². The Kier molecular flexibility index (Phi) is 3.46. The van der Waals surface area contributed by atoms with E-state index in [1.807, 2.05) is 6.07 Å². The molecule has 1 aromatic rings. The van der Waals surface area contributed by atoms with Crippen LogP contribution >= 0.6 is 0 Å². The number of hydrogen-bond acceptors (Lipinski definition) is 4. The SMILES string of the molecule is COc1cc(NC2CCCC2C(=O)O)ccn1. The Bertz CT molecular complexity index is 408. The first-order chi connectivity index (χ1) is 8.20. The van der Waals surface area contributed by atoms with Crippen LogP contribution in [-0.2, 0) is 4.79 Å². The maximum atomic E-state index is 11.0. The highest BCUT2D eigenvalue weighted by atomic mass is 16.5. The van der Waals surface area contributed by atoms with Crippen molar-refractivity contribution in [3.05, 3.63) is 18.3 Å². The minimum atomic E-state index is -0.721. The van der Waals surface area contributed by atoms with Gasteiger partial charge in [-0.1, -0.05) is 6.42 Å². The lowest BCUT2D eigenvalue weighted by atomic mass is 10.0. The number of carboxylic acids is 1. The van der Waals surface area contributed by atoms with E-state index in [0.717, 1.165) is 24.9 Å². The minimum Gasteiger partial charge on any atom is -0.481 e. The van der Waals surface area contributed by atoms with Crippen molar-refractivity contribution >= 4 is 11.7 Å². The third kappa shape index (κ3) is 2.67. The smallest absolute Gasteiger partial charge is 0.308 e. The normalized spacial score (nSPS) is 23.4. The summed E-state index contributed by atoms with van der Waals surface area (Å²) in [7, 11) is 1.56. The van der Waals surface area contributed by atoms with Gasteiger partial charge < -0.3 is 15.2 Å². The largest absolute Gasteiger partial charge is 0.481 e. The molecule has 92 valence electrons. The molecule has 2 N–H and O–H groups in total. The number of pyridine rings is 1. The monoisotopic (exact) mass is 236 g/mol. The van der Waals surface area contributed by atoms with E-state index in [1.165, 1.54) is 0 Å². The van der Waals surface area contributed by atoms with Crippen LogP contribution in [0.15, 0.2) is 18.3 Å². The number of aromatic nitrogens is 1. The molecule has 2 atom stereocenters. The number of carbonyl (C=O) groups is 1. The molecule has 0 spiro atoms. The van der Waals surface area contributed by atoms with Gasteiger partial charge in [0.05, 0.1) is 13.0 Å². The molecule has 2 unspecified atom stereocenters. The molecule has 0 radical (unpaired) electrons. The number of hydrogen-bond donors (Lipinski definition) is 2. The summed E-state index contributed by atoms with van der Waals surface area (Å²) in [4.78, 5) is 15.1. The quantitative estimate of drug-likeness (QED) is 0.833. The fraction of sp³-hybridized carbons (Fsp3) is 0.500. The van der Waals surface area contributed by atoms with Crippen molar-refractivity contribution in [1.29, 1.82) is 0 Å². The van der Waals surface area contributed by atoms with Gasteiger partial charge in [-0.05, 0) is 18.9 Å². The Hall–Kier alpha value is -1.78. The van der Waals surface area contributed by atoms with Gasteiger partial charge >= 0.3 is 5.97 Å². The molecular formula is C12H16N2O3. The van der Waals surface area contributed by atoms with Crippen LogP contribution in [0.1, 0.15) is 19.3 Å². The van der Waals surface area contributed by atoms with Crippen LogP contribution < -0.4 is 10.1 Å². The fourth-order valence-electron chi connectivity index (χ4n) is 2.25. The van der Waals surface area contributed by atoms with Gasteiger partial charge in [0.2, 0.25) is 5.88 Å². The number of ether oxygens (including phenoxy) is 1. The topological polar surface area (TPSA) is 71.5 Å². The van der Waals surface area contributed by atoms with Crippen LogP contribution in [0.25, 0.3) is 0 Å². The minimum absolute atomic E-state index is 0.000365. The molecule has 0 amide bonds. The molecule has 0 bridgehead atoms. The molecule has 0 aromatic carbocycles. The Morgan fingerprint density at radius 2 is 2.41 bits per heavy atom. The van der Waals surface area contributed by atoms with Crippen molar-refractivity contribution < 1.29 is 14.6 Å². The number of nitrogens with one attached hydrogen (secondary N) is 1. The maximum Gasteiger partial charge on any atom is 0.308 e. The molecule has 0 aliphatic heterocycles. The first-order valence-corrected chi connectivity index (χ1v) is 5.70. The standard InChI is InChI=1S/C12H16N2O3/c1-17-11-7-8(5-6-13-11)14-10-4-2-3-9(10)12(15)16/h5-7,9-10H,2-4H2,1H3,(H,13,14)(H,15,16). The van der Waals surface area contributed by atoms with E-state index in [0.29, 0.717) is 5.88 Å². The number of methoxy groups -OCH3 is 1. The third-order valence-electron chi connectivity index (χ3n) is 3.13. The molecule has 1 aliphatic carbocycles. The van der Waals surface area contributed by atoms with Crippen molar-refractivity contribution in [2.75, 3.05) is 12.4 Å². The van der Waals surface area contributed by atoms with Crippen molar-refractivity contribution in [2.45, 2.75) is 25.3 Å². The van der Waals surface area contributed by atoms with Gasteiger partial charge in [-0.2, -0.15) is 0 Å². The van der Waals surface area contributed by atoms with Gasteiger partial charge in [-0.15, -0.1) is 0 Å². The lowest BCUT2D eigenvalue weighted by Gasteiger charge is -2.18. The Balaban J connectivity index is 2.06. The number of anilines is 1. The number of carboxylic acid groups (broad SMARTS) is 1. The molecule has 5 heteroatoms. The Morgan fingerprint density at radius 1 is 1.59 bits per heavy atom. The first-order valence-electron chi connectivity index (χ1n) is 5.70. The van der Waals surface area contributed by atoms with E-state index >= 15 is 0 Å². The Labute approximate surface area is 99.8 Å². The highest BCUT2D eigenvalue weighted by molar-refractivity contribution is 5.72. The van der Waals surface area contributed by atoms with E-state index in [9.17, 15) is 4.79 Å². The van der Waals surface area contributed by atoms with Gasteiger partial charge in [0.15, 0.2) is 0 Å². The van der Waals surface area contributed by atoms with E-state index in [2.05, 4.69) is 10.3 Å². The van der Waals surface area contributed by atoms with Crippen LogP contribution in [0.5, 0.6) is 5.88 Å². The predicted molar refractivity (Wildman–Crippen MR) is 63.2 cm³/mol. The van der Waals surface area contributed by atoms with Crippen molar-refractivity contribution in [2.24, 2.45) is 5.92 Å². The second kappa shape index (κ2) is 5.03. The molecule has 17 heavy (non-hydrogen) atoms. The van der Waals surface area contributed by atoms with Crippen LogP contribution in [0.2, 0.25) is 0 Å². The maximum absolute atomic E-state index is 11.0. The summed E-state index contributed by atoms with van der Waals surface area (Å²) in [5.74, 6) is -0.491. The average Bonchev–Trinajstić information content (AvgIpc) is 2.77. The zero-order valence-electron chi connectivity index (χ0n) is 9.72. The predicted octanol–water partition coefficient (Wildman–Crippen LogP) is 1.76. The molecular weight excluding hydrogens is 220 g/mol. The zero-order chi connectivity index (χ0) is 12.3. The molecule has 1 fully saturated rings. The first kappa shape index (κ1) is 11.7. The Morgan fingerprint density at radius 3 is 3.12 bits per heavy atom. The second-order valence-electron chi connectivity index (χ2n) is 4.21. The van der Waals surface area contributed by atoms with E-state index in [-0.39, 0.29) is 12.0 Å². The van der Waals surface area contributed by atoms with Gasteiger partial charge in [0.1, 0.15) is 0 Å². The van der Waals surface area contributed by atoms with Crippen LogP contribution in [-0.4, -0.2) is 29.2 Å². The van der Waals surface area contributed by atoms with Gasteiger partial charge in [-0.25, -0.2) is 4.98 Å². The van der Waals surface area contributed by atoms with Crippen LogP contribution in [0, 0.1) is 5.92 Å². The highest BCUT2D eigenvalue weighted by Gasteiger charge is 2.32. The summed E-state index contributed by atoms with van der Waals surface area (Å²) >= 11 is 0. The lowest BCUT2D eigenvalue weighted by molar-refractivity contribution is -0.141. The zero-order valence-corrected chi connectivity index (χ0v) is 9.72. The summed E-state index contributed by atoms with van der Waals surface area (Å²) in [6, 6.07) is 3.59. The molecule has 1 aliphatic rings. The van der Waals surface area contributed by atoms with E-state index < -0.39 is 5.97 Å².